The van der Waals surface area contributed by atoms with E-state index in [1.807, 2.05) is 25.5 Å². The van der Waals surface area contributed by atoms with Crippen LogP contribution in [0.25, 0.3) is 22.4 Å². The molecule has 0 spiro atoms. The molecule has 0 fully saturated rings. The molecule has 1 amide bonds. The van der Waals surface area contributed by atoms with E-state index in [2.05, 4.69) is 15.1 Å². The van der Waals surface area contributed by atoms with Crippen LogP contribution in [0, 0.1) is 0 Å². The Hall–Kier alpha value is -3.41. The standard InChI is InChI=1S/C23H31N5O6S/c1-5-8-13-34-23(30)27-35(31,32)15-10-11-18(33-12-7-3)16(14-15)21-24-19-17(9-6-2)26-28(4)20(19)22(29)25-21/h10-11,14H,5-9,12-13H2,1-4H3,(H,27,30)(H,24,25,29). The maximum absolute atomic E-state index is 12.9. The molecule has 3 aromatic rings. The minimum absolute atomic E-state index is 0.114. The smallest absolute Gasteiger partial charge is 0.421 e. The van der Waals surface area contributed by atoms with Gasteiger partial charge in [-0.2, -0.15) is 5.10 Å². The van der Waals surface area contributed by atoms with Crippen molar-refractivity contribution in [3.05, 3.63) is 34.2 Å². The van der Waals surface area contributed by atoms with Gasteiger partial charge in [0.1, 0.15) is 17.1 Å². The number of amides is 1. The lowest BCUT2D eigenvalue weighted by molar-refractivity contribution is 0.151. The molecule has 0 bridgehead atoms. The Morgan fingerprint density at radius 1 is 1.14 bits per heavy atom. The van der Waals surface area contributed by atoms with Crippen LogP contribution in [0.15, 0.2) is 27.9 Å². The summed E-state index contributed by atoms with van der Waals surface area (Å²) in [6.07, 6.45) is 2.53. The summed E-state index contributed by atoms with van der Waals surface area (Å²) < 4.78 is 39.8. The SMILES string of the molecule is CCCCOC(=O)NS(=O)(=O)c1ccc(OCCC)c(-c2nc3c(CCC)nn(C)c3c(=O)[nH]2)c1. The highest BCUT2D eigenvalue weighted by atomic mass is 32.2. The van der Waals surface area contributed by atoms with Gasteiger partial charge >= 0.3 is 6.09 Å². The highest BCUT2D eigenvalue weighted by Gasteiger charge is 2.23. The Labute approximate surface area is 203 Å². The predicted molar refractivity (Wildman–Crippen MR) is 131 cm³/mol. The molecular weight excluding hydrogens is 474 g/mol. The van der Waals surface area contributed by atoms with Crippen LogP contribution in [0.1, 0.15) is 52.1 Å². The maximum Gasteiger partial charge on any atom is 0.421 e. The maximum atomic E-state index is 12.9. The van der Waals surface area contributed by atoms with Crippen molar-refractivity contribution in [3.63, 3.8) is 0 Å². The summed E-state index contributed by atoms with van der Waals surface area (Å²) in [5.41, 5.74) is 1.31. The Balaban J connectivity index is 2.09. The fourth-order valence-electron chi connectivity index (χ4n) is 3.49. The average Bonchev–Trinajstić information content (AvgIpc) is 3.13. The molecule has 0 atom stereocenters. The van der Waals surface area contributed by atoms with E-state index in [1.165, 1.54) is 22.9 Å². The number of ether oxygens (including phenoxy) is 2. The van der Waals surface area contributed by atoms with Gasteiger partial charge in [-0.3, -0.25) is 9.48 Å². The lowest BCUT2D eigenvalue weighted by atomic mass is 10.1. The van der Waals surface area contributed by atoms with Crippen molar-refractivity contribution in [2.45, 2.75) is 57.8 Å². The highest BCUT2D eigenvalue weighted by Crippen LogP contribution is 2.31. The zero-order valence-electron chi connectivity index (χ0n) is 20.4. The van der Waals surface area contributed by atoms with Gasteiger partial charge in [-0.25, -0.2) is 22.9 Å². The van der Waals surface area contributed by atoms with Crippen LogP contribution >= 0.6 is 0 Å². The third-order valence-corrected chi connectivity index (χ3v) is 6.49. The van der Waals surface area contributed by atoms with Crippen molar-refractivity contribution in [2.24, 2.45) is 7.05 Å². The van der Waals surface area contributed by atoms with Gasteiger partial charge in [0.05, 0.1) is 29.4 Å². The van der Waals surface area contributed by atoms with Crippen LogP contribution < -0.4 is 15.0 Å². The van der Waals surface area contributed by atoms with Gasteiger partial charge in [0, 0.05) is 7.05 Å². The monoisotopic (exact) mass is 505 g/mol. The molecule has 2 heterocycles. The first-order valence-corrected chi connectivity index (χ1v) is 13.1. The third-order valence-electron chi connectivity index (χ3n) is 5.18. The molecule has 0 unspecified atom stereocenters. The minimum Gasteiger partial charge on any atom is -0.493 e. The van der Waals surface area contributed by atoms with E-state index >= 15 is 0 Å². The van der Waals surface area contributed by atoms with Crippen molar-refractivity contribution in [2.75, 3.05) is 13.2 Å². The number of rotatable bonds is 11. The van der Waals surface area contributed by atoms with Crippen LogP contribution in [0.2, 0.25) is 0 Å². The van der Waals surface area contributed by atoms with Crippen molar-refractivity contribution >= 4 is 27.1 Å². The van der Waals surface area contributed by atoms with Gasteiger partial charge in [-0.15, -0.1) is 0 Å². The molecule has 11 nitrogen and oxygen atoms in total. The van der Waals surface area contributed by atoms with Gasteiger partial charge in [0.2, 0.25) is 0 Å². The Kier molecular flexibility index (Phi) is 8.49. The summed E-state index contributed by atoms with van der Waals surface area (Å²) in [4.78, 5) is 32.0. The van der Waals surface area contributed by atoms with Gasteiger partial charge < -0.3 is 14.5 Å². The van der Waals surface area contributed by atoms with Crippen molar-refractivity contribution in [1.82, 2.24) is 24.5 Å². The number of nitrogens with zero attached hydrogens (tertiary/aromatic N) is 3. The summed E-state index contributed by atoms with van der Waals surface area (Å²) in [5, 5.41) is 4.41. The molecule has 3 rings (SSSR count). The molecule has 190 valence electrons. The van der Waals surface area contributed by atoms with E-state index in [0.717, 1.165) is 19.3 Å². The number of fused-ring (bicyclic) bond motifs is 1. The van der Waals surface area contributed by atoms with Gasteiger partial charge in [-0.1, -0.05) is 33.6 Å². The van der Waals surface area contributed by atoms with E-state index in [1.54, 1.807) is 7.05 Å². The number of aromatic amines is 1. The topological polar surface area (TPSA) is 145 Å². The summed E-state index contributed by atoms with van der Waals surface area (Å²) in [7, 11) is -2.57. The van der Waals surface area contributed by atoms with E-state index in [-0.39, 0.29) is 22.9 Å². The summed E-state index contributed by atoms with van der Waals surface area (Å²) in [6.45, 7) is 6.35. The number of carbonyl (C=O) groups excluding carboxylic acids is 1. The lowest BCUT2D eigenvalue weighted by Gasteiger charge is -2.13. The van der Waals surface area contributed by atoms with E-state index in [9.17, 15) is 18.0 Å². The van der Waals surface area contributed by atoms with E-state index in [0.29, 0.717) is 41.9 Å². The van der Waals surface area contributed by atoms with Crippen LogP contribution in [0.5, 0.6) is 5.75 Å². The predicted octanol–water partition coefficient (Wildman–Crippen LogP) is 3.28. The Bertz CT molecular complexity index is 1360. The zero-order chi connectivity index (χ0) is 25.6. The van der Waals surface area contributed by atoms with E-state index in [4.69, 9.17) is 9.47 Å². The molecule has 0 aliphatic heterocycles. The molecule has 0 saturated heterocycles. The summed E-state index contributed by atoms with van der Waals surface area (Å²) >= 11 is 0. The first-order valence-electron chi connectivity index (χ1n) is 11.6. The number of hydrogen-bond acceptors (Lipinski definition) is 8. The Morgan fingerprint density at radius 3 is 2.60 bits per heavy atom. The number of nitrogens with one attached hydrogen (secondary N) is 2. The zero-order valence-corrected chi connectivity index (χ0v) is 21.2. The van der Waals surface area contributed by atoms with Crippen molar-refractivity contribution in [3.8, 4) is 17.1 Å². The van der Waals surface area contributed by atoms with Gasteiger partial charge in [0.25, 0.3) is 15.6 Å². The number of hydrogen-bond donors (Lipinski definition) is 2. The second-order valence-electron chi connectivity index (χ2n) is 8.03. The normalized spacial score (nSPS) is 11.5. The second-order valence-corrected chi connectivity index (χ2v) is 9.72. The number of aromatic nitrogens is 4. The molecule has 1 aromatic carbocycles. The number of unbranched alkanes of at least 4 members (excludes halogenated alkanes) is 1. The largest absolute Gasteiger partial charge is 0.493 e. The molecule has 0 radical (unpaired) electrons. The fraction of sp³-hybridized carbons (Fsp3) is 0.478. The number of carbonyl (C=O) groups is 1. The third kappa shape index (κ3) is 5.99. The molecule has 2 aromatic heterocycles. The van der Waals surface area contributed by atoms with Crippen LogP contribution in [0.3, 0.4) is 0 Å². The molecule has 35 heavy (non-hydrogen) atoms. The summed E-state index contributed by atoms with van der Waals surface area (Å²) in [5.74, 6) is 0.487. The van der Waals surface area contributed by atoms with Gasteiger partial charge in [0.15, 0.2) is 5.52 Å². The van der Waals surface area contributed by atoms with Crippen molar-refractivity contribution < 1.29 is 22.7 Å². The highest BCUT2D eigenvalue weighted by molar-refractivity contribution is 7.90. The fourth-order valence-corrected chi connectivity index (χ4v) is 4.40. The van der Waals surface area contributed by atoms with Crippen molar-refractivity contribution in [1.29, 1.82) is 0 Å². The molecule has 0 saturated carbocycles. The molecule has 0 aliphatic rings. The van der Waals surface area contributed by atoms with Crippen LogP contribution in [-0.4, -0.2) is 47.5 Å². The molecule has 0 aliphatic carbocycles. The lowest BCUT2D eigenvalue weighted by Crippen LogP contribution is -2.31. The molecule has 12 heteroatoms. The number of sulfonamides is 1. The van der Waals surface area contributed by atoms with E-state index < -0.39 is 21.7 Å². The molecule has 2 N–H and O–H groups in total. The minimum atomic E-state index is -4.25. The number of H-pyrrole nitrogens is 1. The van der Waals surface area contributed by atoms with Crippen LogP contribution in [0.4, 0.5) is 4.79 Å². The first kappa shape index (κ1) is 26.2. The first-order chi connectivity index (χ1) is 16.7. The number of aryl methyl sites for hydroxylation is 2. The summed E-state index contributed by atoms with van der Waals surface area (Å²) in [6, 6.07) is 4.11. The van der Waals surface area contributed by atoms with Gasteiger partial charge in [-0.05, 0) is 37.5 Å². The van der Waals surface area contributed by atoms with Crippen LogP contribution in [-0.2, 0) is 28.2 Å². The second kappa shape index (κ2) is 11.3. The number of benzene rings is 1. The quantitative estimate of drug-likeness (QED) is 0.378. The average molecular weight is 506 g/mol. The molecular formula is C23H31N5O6S. The Morgan fingerprint density at radius 2 is 1.91 bits per heavy atom.